The van der Waals surface area contributed by atoms with Gasteiger partial charge in [-0.3, -0.25) is 0 Å². The van der Waals surface area contributed by atoms with Crippen molar-refractivity contribution < 1.29 is 24.8 Å². The molecule has 0 saturated carbocycles. The molecule has 1 fully saturated rings. The molecule has 1 rings (SSSR count). The first-order valence-corrected chi connectivity index (χ1v) is 3.36. The van der Waals surface area contributed by atoms with Gasteiger partial charge in [0.25, 0.3) is 0 Å². The summed E-state index contributed by atoms with van der Waals surface area (Å²) in [6, 6.07) is 0. The predicted molar refractivity (Wildman–Crippen MR) is 34.8 cm³/mol. The van der Waals surface area contributed by atoms with Crippen molar-refractivity contribution in [3.63, 3.8) is 0 Å². The van der Waals surface area contributed by atoms with Gasteiger partial charge in [0.05, 0.1) is 6.61 Å². The van der Waals surface area contributed by atoms with Crippen LogP contribution in [-0.2, 0) is 9.47 Å². The van der Waals surface area contributed by atoms with Crippen molar-refractivity contribution in [2.24, 2.45) is 0 Å². The van der Waals surface area contributed by atoms with E-state index >= 15 is 0 Å². The maximum Gasteiger partial charge on any atom is 0.184 e. The minimum Gasteiger partial charge on any atom is -0.394 e. The molecule has 4 atom stereocenters. The highest BCUT2D eigenvalue weighted by Crippen LogP contribution is 2.21. The van der Waals surface area contributed by atoms with E-state index in [9.17, 15) is 5.11 Å². The van der Waals surface area contributed by atoms with Gasteiger partial charge in [0, 0.05) is 7.11 Å². The lowest BCUT2D eigenvalue weighted by molar-refractivity contribution is -0.139. The van der Waals surface area contributed by atoms with Crippen molar-refractivity contribution in [3.05, 3.63) is 0 Å². The number of ether oxygens (including phenoxy) is 2. The third-order valence-electron chi connectivity index (χ3n) is 1.76. The Hall–Kier alpha value is -0.200. The van der Waals surface area contributed by atoms with E-state index in [-0.39, 0.29) is 6.61 Å². The Balaban J connectivity index is 2.55. The molecule has 1 aliphatic heterocycles. The summed E-state index contributed by atoms with van der Waals surface area (Å²) in [4.78, 5) is 0. The highest BCUT2D eigenvalue weighted by molar-refractivity contribution is 4.86. The summed E-state index contributed by atoms with van der Waals surface area (Å²) in [6.45, 7) is -0.321. The van der Waals surface area contributed by atoms with E-state index < -0.39 is 24.6 Å². The van der Waals surface area contributed by atoms with Crippen LogP contribution in [-0.4, -0.2) is 53.6 Å². The van der Waals surface area contributed by atoms with E-state index in [0.29, 0.717) is 0 Å². The Kier molecular flexibility index (Phi) is 2.80. The lowest BCUT2D eigenvalue weighted by atomic mass is 10.1. The van der Waals surface area contributed by atoms with Gasteiger partial charge < -0.3 is 24.8 Å². The third kappa shape index (κ3) is 1.52. The molecule has 0 bridgehead atoms. The molecular weight excluding hydrogens is 152 g/mol. The van der Waals surface area contributed by atoms with Crippen molar-refractivity contribution in [1.29, 1.82) is 0 Å². The van der Waals surface area contributed by atoms with Crippen LogP contribution in [0.1, 0.15) is 0 Å². The van der Waals surface area contributed by atoms with Crippen LogP contribution >= 0.6 is 0 Å². The summed E-state index contributed by atoms with van der Waals surface area (Å²) in [5.74, 6) is 0. The van der Waals surface area contributed by atoms with Gasteiger partial charge in [0.15, 0.2) is 6.29 Å². The van der Waals surface area contributed by atoms with Crippen LogP contribution in [0.3, 0.4) is 0 Å². The summed E-state index contributed by atoms with van der Waals surface area (Å²) >= 11 is 0. The highest BCUT2D eigenvalue weighted by Gasteiger charge is 2.42. The second-order valence-electron chi connectivity index (χ2n) is 2.44. The molecule has 0 spiro atoms. The number of hydrogen-bond acceptors (Lipinski definition) is 5. The van der Waals surface area contributed by atoms with E-state index in [1.165, 1.54) is 7.11 Å². The van der Waals surface area contributed by atoms with Gasteiger partial charge >= 0.3 is 0 Å². The van der Waals surface area contributed by atoms with Gasteiger partial charge in [-0.25, -0.2) is 0 Å². The number of aliphatic hydroxyl groups is 3. The maximum absolute atomic E-state index is 9.25. The van der Waals surface area contributed by atoms with Gasteiger partial charge in [-0.15, -0.1) is 0 Å². The maximum atomic E-state index is 9.25. The first-order chi connectivity index (χ1) is 5.20. The first-order valence-electron chi connectivity index (χ1n) is 3.36. The third-order valence-corrected chi connectivity index (χ3v) is 1.76. The zero-order chi connectivity index (χ0) is 8.43. The van der Waals surface area contributed by atoms with Crippen LogP contribution in [0.2, 0.25) is 0 Å². The number of methoxy groups -OCH3 is 1. The Labute approximate surface area is 64.2 Å². The second-order valence-corrected chi connectivity index (χ2v) is 2.44. The van der Waals surface area contributed by atoms with Crippen LogP contribution in [0.5, 0.6) is 0 Å². The number of rotatable bonds is 2. The number of aliphatic hydroxyl groups excluding tert-OH is 3. The summed E-state index contributed by atoms with van der Waals surface area (Å²) in [7, 11) is 1.36. The van der Waals surface area contributed by atoms with Gasteiger partial charge in [-0.1, -0.05) is 0 Å². The van der Waals surface area contributed by atoms with E-state index in [2.05, 4.69) is 0 Å². The van der Waals surface area contributed by atoms with E-state index in [1.807, 2.05) is 0 Å². The molecule has 1 aliphatic rings. The Bertz CT molecular complexity index is 128. The molecule has 5 heteroatoms. The van der Waals surface area contributed by atoms with E-state index in [0.717, 1.165) is 0 Å². The summed E-state index contributed by atoms with van der Waals surface area (Å²) in [5, 5.41) is 26.9. The van der Waals surface area contributed by atoms with Crippen molar-refractivity contribution >= 4 is 0 Å². The van der Waals surface area contributed by atoms with Crippen molar-refractivity contribution in [1.82, 2.24) is 0 Å². The molecule has 0 amide bonds. The molecule has 0 radical (unpaired) electrons. The van der Waals surface area contributed by atoms with Crippen LogP contribution in [0, 0.1) is 0 Å². The standard InChI is InChI=1S/C6H12O5/c1-10-5-4(8)3(2-7)11-6(5)9/h3-9H,2H2,1H3/t3-,4-,5?,6+/m1/s1. The second kappa shape index (κ2) is 3.46. The molecule has 66 valence electrons. The average molecular weight is 164 g/mol. The fourth-order valence-electron chi connectivity index (χ4n) is 1.12. The largest absolute Gasteiger partial charge is 0.394 e. The zero-order valence-corrected chi connectivity index (χ0v) is 6.17. The number of hydrogen-bond donors (Lipinski definition) is 3. The molecule has 0 aromatic carbocycles. The molecule has 3 N–H and O–H groups in total. The van der Waals surface area contributed by atoms with Crippen molar-refractivity contribution in [2.45, 2.75) is 24.6 Å². The van der Waals surface area contributed by atoms with Crippen LogP contribution in [0.15, 0.2) is 0 Å². The summed E-state index contributed by atoms with van der Waals surface area (Å²) in [6.07, 6.45) is -3.60. The van der Waals surface area contributed by atoms with Crippen molar-refractivity contribution in [2.75, 3.05) is 13.7 Å². The zero-order valence-electron chi connectivity index (χ0n) is 6.17. The normalized spacial score (nSPS) is 44.7. The molecule has 11 heavy (non-hydrogen) atoms. The summed E-state index contributed by atoms with van der Waals surface area (Å²) in [5.41, 5.74) is 0. The SMILES string of the molecule is COC1[C@@H](O)O[C@H](CO)[C@H]1O. The van der Waals surface area contributed by atoms with Crippen LogP contribution in [0.25, 0.3) is 0 Å². The van der Waals surface area contributed by atoms with E-state index in [1.54, 1.807) is 0 Å². The van der Waals surface area contributed by atoms with Crippen LogP contribution < -0.4 is 0 Å². The van der Waals surface area contributed by atoms with Gasteiger partial charge in [0.1, 0.15) is 18.3 Å². The lowest BCUT2D eigenvalue weighted by Gasteiger charge is -2.14. The minimum atomic E-state index is -1.15. The van der Waals surface area contributed by atoms with Crippen LogP contribution in [0.4, 0.5) is 0 Å². The highest BCUT2D eigenvalue weighted by atomic mass is 16.7. The van der Waals surface area contributed by atoms with Gasteiger partial charge in [-0.2, -0.15) is 0 Å². The molecule has 1 saturated heterocycles. The predicted octanol–water partition coefficient (Wildman–Crippen LogP) is -1.93. The Morgan fingerprint density at radius 1 is 1.45 bits per heavy atom. The Morgan fingerprint density at radius 2 is 2.09 bits per heavy atom. The summed E-state index contributed by atoms with van der Waals surface area (Å²) < 4.78 is 9.49. The molecule has 0 aromatic heterocycles. The van der Waals surface area contributed by atoms with E-state index in [4.69, 9.17) is 19.7 Å². The van der Waals surface area contributed by atoms with Crippen molar-refractivity contribution in [3.8, 4) is 0 Å². The molecule has 5 nitrogen and oxygen atoms in total. The molecule has 1 unspecified atom stereocenters. The van der Waals surface area contributed by atoms with Gasteiger partial charge in [-0.05, 0) is 0 Å². The van der Waals surface area contributed by atoms with Gasteiger partial charge in [0.2, 0.25) is 0 Å². The fraction of sp³-hybridized carbons (Fsp3) is 1.00. The monoisotopic (exact) mass is 164 g/mol. The Morgan fingerprint density at radius 3 is 2.36 bits per heavy atom. The topological polar surface area (TPSA) is 79.2 Å². The minimum absolute atomic E-state index is 0.321. The molecule has 0 aliphatic carbocycles. The lowest BCUT2D eigenvalue weighted by Crippen LogP contribution is -2.35. The molecule has 0 aromatic rings. The first kappa shape index (κ1) is 8.89. The molecule has 1 heterocycles. The quantitative estimate of drug-likeness (QED) is 0.443. The average Bonchev–Trinajstić information content (AvgIpc) is 2.26. The molecular formula is C6H12O5. The smallest absolute Gasteiger partial charge is 0.184 e. The fourth-order valence-corrected chi connectivity index (χ4v) is 1.12.